The molecule has 2 N–H and O–H groups in total. The van der Waals surface area contributed by atoms with Crippen LogP contribution < -0.4 is 5.32 Å². The van der Waals surface area contributed by atoms with Crippen LogP contribution in [0, 0.1) is 0 Å². The van der Waals surface area contributed by atoms with Gasteiger partial charge in [-0.1, -0.05) is 36.4 Å². The summed E-state index contributed by atoms with van der Waals surface area (Å²) in [7, 11) is 0. The molecule has 0 saturated heterocycles. The van der Waals surface area contributed by atoms with E-state index in [-0.39, 0.29) is 5.91 Å². The highest BCUT2D eigenvalue weighted by Crippen LogP contribution is 2.20. The Balaban J connectivity index is 1.57. The number of hydrogen-bond acceptors (Lipinski definition) is 5. The van der Waals surface area contributed by atoms with Gasteiger partial charge >= 0.3 is 6.09 Å². The molecule has 0 aliphatic heterocycles. The SMILES string of the molecule is CC(C)(C)OC(=O)N(CCCNC(=O)c1cn[nH]c1-c1ccccc1)Cc1cccnc1. The fourth-order valence-electron chi connectivity index (χ4n) is 3.12. The molecule has 0 bridgehead atoms. The van der Waals surface area contributed by atoms with E-state index < -0.39 is 11.7 Å². The minimum Gasteiger partial charge on any atom is -0.444 e. The summed E-state index contributed by atoms with van der Waals surface area (Å²) in [4.78, 5) is 31.1. The Bertz CT molecular complexity index is 1010. The maximum atomic E-state index is 12.7. The number of amides is 2. The third-order valence-corrected chi connectivity index (χ3v) is 4.58. The maximum absolute atomic E-state index is 12.7. The van der Waals surface area contributed by atoms with Crippen molar-refractivity contribution in [2.75, 3.05) is 13.1 Å². The highest BCUT2D eigenvalue weighted by molar-refractivity contribution is 5.99. The molecule has 3 rings (SSSR count). The fourth-order valence-corrected chi connectivity index (χ4v) is 3.12. The van der Waals surface area contributed by atoms with Crippen molar-refractivity contribution >= 4 is 12.0 Å². The van der Waals surface area contributed by atoms with Crippen LogP contribution in [0.3, 0.4) is 0 Å². The van der Waals surface area contributed by atoms with E-state index in [9.17, 15) is 9.59 Å². The minimum atomic E-state index is -0.590. The van der Waals surface area contributed by atoms with Crippen LogP contribution in [0.25, 0.3) is 11.3 Å². The van der Waals surface area contributed by atoms with Crippen molar-refractivity contribution < 1.29 is 14.3 Å². The molecule has 0 saturated carbocycles. The van der Waals surface area contributed by atoms with Crippen molar-refractivity contribution in [3.63, 3.8) is 0 Å². The molecule has 168 valence electrons. The molecule has 8 heteroatoms. The third kappa shape index (κ3) is 6.66. The van der Waals surface area contributed by atoms with E-state index in [0.717, 1.165) is 11.1 Å². The zero-order valence-electron chi connectivity index (χ0n) is 18.7. The predicted molar refractivity (Wildman–Crippen MR) is 122 cm³/mol. The summed E-state index contributed by atoms with van der Waals surface area (Å²) in [6.07, 6.45) is 5.12. The summed E-state index contributed by atoms with van der Waals surface area (Å²) in [5.41, 5.74) is 2.37. The minimum absolute atomic E-state index is 0.214. The molecule has 32 heavy (non-hydrogen) atoms. The number of hydrogen-bond donors (Lipinski definition) is 2. The Morgan fingerprint density at radius 2 is 1.88 bits per heavy atom. The van der Waals surface area contributed by atoms with Crippen LogP contribution in [-0.4, -0.2) is 50.8 Å². The predicted octanol–water partition coefficient (Wildman–Crippen LogP) is 4.03. The van der Waals surface area contributed by atoms with Gasteiger partial charge in [-0.25, -0.2) is 4.79 Å². The van der Waals surface area contributed by atoms with Crippen molar-refractivity contribution in [3.05, 3.63) is 72.2 Å². The molecule has 0 fully saturated rings. The average Bonchev–Trinajstić information content (AvgIpc) is 3.26. The summed E-state index contributed by atoms with van der Waals surface area (Å²) in [5.74, 6) is -0.214. The van der Waals surface area contributed by atoms with Gasteiger partial charge in [0.2, 0.25) is 0 Å². The Morgan fingerprint density at radius 1 is 1.09 bits per heavy atom. The van der Waals surface area contributed by atoms with E-state index in [4.69, 9.17) is 4.74 Å². The monoisotopic (exact) mass is 435 g/mol. The first-order valence-electron chi connectivity index (χ1n) is 10.6. The number of pyridine rings is 1. The number of nitrogens with one attached hydrogen (secondary N) is 2. The molecule has 2 heterocycles. The van der Waals surface area contributed by atoms with Crippen LogP contribution in [0.4, 0.5) is 4.79 Å². The van der Waals surface area contributed by atoms with Gasteiger partial charge in [0, 0.05) is 31.0 Å². The first kappa shape index (κ1) is 23.0. The van der Waals surface area contributed by atoms with E-state index >= 15 is 0 Å². The summed E-state index contributed by atoms with van der Waals surface area (Å²) in [6, 6.07) is 13.3. The molecule has 2 aromatic heterocycles. The number of aromatic nitrogens is 3. The van der Waals surface area contributed by atoms with E-state index in [0.29, 0.717) is 37.3 Å². The van der Waals surface area contributed by atoms with Gasteiger partial charge in [0.25, 0.3) is 5.91 Å². The van der Waals surface area contributed by atoms with Crippen LogP contribution in [0.1, 0.15) is 43.1 Å². The molecular weight excluding hydrogens is 406 g/mol. The Labute approximate surface area is 188 Å². The van der Waals surface area contributed by atoms with Crippen LogP contribution >= 0.6 is 0 Å². The summed E-state index contributed by atoms with van der Waals surface area (Å²) in [5, 5.41) is 9.82. The first-order chi connectivity index (χ1) is 15.3. The third-order valence-electron chi connectivity index (χ3n) is 4.58. The Hall–Kier alpha value is -3.68. The lowest BCUT2D eigenvalue weighted by Crippen LogP contribution is -2.38. The van der Waals surface area contributed by atoms with E-state index in [1.807, 2.05) is 63.2 Å². The number of ether oxygens (including phenoxy) is 1. The van der Waals surface area contributed by atoms with E-state index in [1.165, 1.54) is 6.20 Å². The van der Waals surface area contributed by atoms with Crippen molar-refractivity contribution in [1.29, 1.82) is 0 Å². The molecule has 0 unspecified atom stereocenters. The lowest BCUT2D eigenvalue weighted by atomic mass is 10.1. The summed E-state index contributed by atoms with van der Waals surface area (Å²) >= 11 is 0. The lowest BCUT2D eigenvalue weighted by Gasteiger charge is -2.27. The Morgan fingerprint density at radius 3 is 2.56 bits per heavy atom. The normalized spacial score (nSPS) is 11.1. The fraction of sp³-hybridized carbons (Fsp3) is 0.333. The molecule has 0 aliphatic carbocycles. The lowest BCUT2D eigenvalue weighted by molar-refractivity contribution is 0.0232. The van der Waals surface area contributed by atoms with Gasteiger partial charge in [0.15, 0.2) is 0 Å². The molecule has 3 aromatic rings. The van der Waals surface area contributed by atoms with Gasteiger partial charge in [-0.15, -0.1) is 0 Å². The zero-order valence-corrected chi connectivity index (χ0v) is 18.7. The van der Waals surface area contributed by atoms with Crippen molar-refractivity contribution in [1.82, 2.24) is 25.4 Å². The maximum Gasteiger partial charge on any atom is 0.410 e. The first-order valence-corrected chi connectivity index (χ1v) is 10.6. The second-order valence-electron chi connectivity index (χ2n) is 8.40. The van der Waals surface area contributed by atoms with Gasteiger partial charge in [0.1, 0.15) is 5.60 Å². The average molecular weight is 436 g/mol. The molecule has 0 radical (unpaired) electrons. The molecule has 0 aliphatic rings. The van der Waals surface area contributed by atoms with E-state index in [1.54, 1.807) is 17.3 Å². The van der Waals surface area contributed by atoms with Gasteiger partial charge in [-0.3, -0.25) is 14.9 Å². The number of benzene rings is 1. The van der Waals surface area contributed by atoms with Gasteiger partial charge in [-0.05, 0) is 38.8 Å². The molecule has 8 nitrogen and oxygen atoms in total. The Kier molecular flexibility index (Phi) is 7.59. The highest BCUT2D eigenvalue weighted by Gasteiger charge is 2.22. The van der Waals surface area contributed by atoms with Crippen LogP contribution in [0.2, 0.25) is 0 Å². The van der Waals surface area contributed by atoms with Crippen LogP contribution in [-0.2, 0) is 11.3 Å². The highest BCUT2D eigenvalue weighted by atomic mass is 16.6. The van der Waals surface area contributed by atoms with Crippen LogP contribution in [0.5, 0.6) is 0 Å². The zero-order chi connectivity index (χ0) is 23.0. The number of rotatable bonds is 8. The number of H-pyrrole nitrogens is 1. The smallest absolute Gasteiger partial charge is 0.410 e. The van der Waals surface area contributed by atoms with E-state index in [2.05, 4.69) is 20.5 Å². The number of nitrogens with zero attached hydrogens (tertiary/aromatic N) is 3. The molecule has 1 aromatic carbocycles. The standard InChI is InChI=1S/C24H29N5O3/c1-24(2,3)32-23(31)29(17-18-9-7-12-25-15-18)14-8-13-26-22(30)20-16-27-28-21(20)19-10-5-4-6-11-19/h4-7,9-12,15-16H,8,13-14,17H2,1-3H3,(H,26,30)(H,27,28). The van der Waals surface area contributed by atoms with Crippen molar-refractivity contribution in [2.24, 2.45) is 0 Å². The van der Waals surface area contributed by atoms with Crippen molar-refractivity contribution in [3.8, 4) is 11.3 Å². The summed E-state index contributed by atoms with van der Waals surface area (Å²) in [6.45, 7) is 6.73. The van der Waals surface area contributed by atoms with Gasteiger partial charge in [0.05, 0.1) is 24.0 Å². The second-order valence-corrected chi connectivity index (χ2v) is 8.40. The molecule has 0 spiro atoms. The molecular formula is C24H29N5O3. The van der Waals surface area contributed by atoms with Gasteiger partial charge < -0.3 is 15.0 Å². The topological polar surface area (TPSA) is 100 Å². The number of carbonyl (C=O) groups excluding carboxylic acids is 2. The second kappa shape index (κ2) is 10.6. The molecule has 2 amide bonds. The number of carbonyl (C=O) groups is 2. The van der Waals surface area contributed by atoms with Crippen LogP contribution in [0.15, 0.2) is 61.1 Å². The number of aromatic amines is 1. The van der Waals surface area contributed by atoms with Gasteiger partial charge in [-0.2, -0.15) is 5.10 Å². The summed E-state index contributed by atoms with van der Waals surface area (Å²) < 4.78 is 5.54. The quantitative estimate of drug-likeness (QED) is 0.521. The largest absolute Gasteiger partial charge is 0.444 e. The molecule has 0 atom stereocenters. The van der Waals surface area contributed by atoms with Crippen molar-refractivity contribution in [2.45, 2.75) is 39.3 Å².